The zero-order valence-electron chi connectivity index (χ0n) is 11.6. The molecule has 5 heteroatoms. The van der Waals surface area contributed by atoms with Crippen LogP contribution in [0.1, 0.15) is 42.5 Å². The third-order valence-electron chi connectivity index (χ3n) is 3.89. The minimum Gasteiger partial charge on any atom is -0.506 e. The molecule has 0 unspecified atom stereocenters. The van der Waals surface area contributed by atoms with Crippen molar-refractivity contribution in [2.75, 3.05) is 18.9 Å². The summed E-state index contributed by atoms with van der Waals surface area (Å²) in [6.45, 7) is 0.276. The van der Waals surface area contributed by atoms with E-state index in [1.807, 2.05) is 0 Å². The molecule has 1 aliphatic carbocycles. The maximum atomic E-state index is 12.6. The van der Waals surface area contributed by atoms with Crippen LogP contribution in [0.2, 0.25) is 0 Å². The van der Waals surface area contributed by atoms with Crippen LogP contribution in [-0.2, 0) is 0 Å². The Kier molecular flexibility index (Phi) is 4.84. The van der Waals surface area contributed by atoms with Crippen LogP contribution in [0.4, 0.5) is 5.69 Å². The third kappa shape index (κ3) is 3.22. The Labute approximate surface area is 119 Å². The van der Waals surface area contributed by atoms with Gasteiger partial charge in [0.25, 0.3) is 5.91 Å². The number of carbonyl (C=O) groups is 1. The first-order valence-electron chi connectivity index (χ1n) is 7.14. The van der Waals surface area contributed by atoms with Crippen molar-refractivity contribution in [2.24, 2.45) is 0 Å². The van der Waals surface area contributed by atoms with Crippen LogP contribution in [0.3, 0.4) is 0 Å². The van der Waals surface area contributed by atoms with E-state index in [1.165, 1.54) is 18.6 Å². The van der Waals surface area contributed by atoms with Gasteiger partial charge in [0.15, 0.2) is 0 Å². The Morgan fingerprint density at radius 3 is 2.60 bits per heavy atom. The summed E-state index contributed by atoms with van der Waals surface area (Å²) in [6, 6.07) is 4.72. The monoisotopic (exact) mass is 278 g/mol. The number of phenolic OH excluding ortho intramolecular Hbond substituents is 1. The summed E-state index contributed by atoms with van der Waals surface area (Å²) in [5.74, 6) is -0.232. The van der Waals surface area contributed by atoms with E-state index in [0.29, 0.717) is 12.1 Å². The van der Waals surface area contributed by atoms with E-state index in [9.17, 15) is 15.0 Å². The lowest BCUT2D eigenvalue weighted by atomic mass is 9.93. The second kappa shape index (κ2) is 6.61. The summed E-state index contributed by atoms with van der Waals surface area (Å²) in [5.41, 5.74) is 6.22. The molecule has 1 amide bonds. The van der Waals surface area contributed by atoms with Gasteiger partial charge in [-0.3, -0.25) is 4.79 Å². The van der Waals surface area contributed by atoms with Crippen molar-refractivity contribution in [3.63, 3.8) is 0 Å². The number of nitrogen functional groups attached to an aromatic ring is 1. The zero-order valence-corrected chi connectivity index (χ0v) is 11.6. The second-order valence-corrected chi connectivity index (χ2v) is 5.29. The molecule has 110 valence electrons. The molecule has 1 aliphatic rings. The molecule has 0 radical (unpaired) electrons. The largest absolute Gasteiger partial charge is 0.506 e. The van der Waals surface area contributed by atoms with E-state index < -0.39 is 0 Å². The number of hydrogen-bond donors (Lipinski definition) is 3. The molecule has 4 N–H and O–H groups in total. The minimum atomic E-state index is -0.152. The average molecular weight is 278 g/mol. The van der Waals surface area contributed by atoms with E-state index in [-0.39, 0.29) is 30.0 Å². The van der Waals surface area contributed by atoms with E-state index in [2.05, 4.69) is 0 Å². The zero-order chi connectivity index (χ0) is 14.5. The smallest absolute Gasteiger partial charge is 0.254 e. The number of nitrogens with two attached hydrogens (primary N) is 1. The summed E-state index contributed by atoms with van der Waals surface area (Å²) in [4.78, 5) is 14.3. The van der Waals surface area contributed by atoms with E-state index in [4.69, 9.17) is 5.73 Å². The van der Waals surface area contributed by atoms with Crippen molar-refractivity contribution in [2.45, 2.75) is 38.1 Å². The second-order valence-electron chi connectivity index (χ2n) is 5.29. The SMILES string of the molecule is Nc1ccc(C(=O)N(CCO)C2CCCCC2)cc1O. The Morgan fingerprint density at radius 1 is 1.30 bits per heavy atom. The maximum Gasteiger partial charge on any atom is 0.254 e. The fraction of sp³-hybridized carbons (Fsp3) is 0.533. The van der Waals surface area contributed by atoms with Crippen LogP contribution in [0, 0.1) is 0 Å². The Bertz CT molecular complexity index is 470. The normalized spacial score (nSPS) is 16.1. The first-order valence-corrected chi connectivity index (χ1v) is 7.14. The highest BCUT2D eigenvalue weighted by molar-refractivity contribution is 5.95. The number of hydrogen-bond acceptors (Lipinski definition) is 4. The van der Waals surface area contributed by atoms with Gasteiger partial charge in [0.05, 0.1) is 12.3 Å². The fourth-order valence-electron chi connectivity index (χ4n) is 2.79. The van der Waals surface area contributed by atoms with Crippen molar-refractivity contribution in [1.82, 2.24) is 4.90 Å². The van der Waals surface area contributed by atoms with Crippen molar-refractivity contribution < 1.29 is 15.0 Å². The summed E-state index contributed by atoms with van der Waals surface area (Å²) in [5, 5.41) is 18.8. The molecule has 0 aliphatic heterocycles. The lowest BCUT2D eigenvalue weighted by Crippen LogP contribution is -2.43. The molecule has 0 spiro atoms. The number of nitrogens with zero attached hydrogens (tertiary/aromatic N) is 1. The van der Waals surface area contributed by atoms with Crippen molar-refractivity contribution in [3.8, 4) is 5.75 Å². The highest BCUT2D eigenvalue weighted by atomic mass is 16.3. The molecule has 0 heterocycles. The van der Waals surface area contributed by atoms with Gasteiger partial charge >= 0.3 is 0 Å². The predicted octanol–water partition coefficient (Wildman–Crippen LogP) is 1.74. The van der Waals surface area contributed by atoms with Crippen LogP contribution in [-0.4, -0.2) is 40.2 Å². The molecule has 5 nitrogen and oxygen atoms in total. The van der Waals surface area contributed by atoms with Crippen molar-refractivity contribution in [3.05, 3.63) is 23.8 Å². The molecular formula is C15H22N2O3. The molecule has 20 heavy (non-hydrogen) atoms. The van der Waals surface area contributed by atoms with Gasteiger partial charge in [-0.15, -0.1) is 0 Å². The maximum absolute atomic E-state index is 12.6. The summed E-state index contributed by atoms with van der Waals surface area (Å²) < 4.78 is 0. The molecule has 1 aromatic carbocycles. The quantitative estimate of drug-likeness (QED) is 0.578. The molecule has 1 aromatic rings. The number of anilines is 1. The lowest BCUT2D eigenvalue weighted by Gasteiger charge is -2.34. The Morgan fingerprint density at radius 2 is 2.00 bits per heavy atom. The molecule has 0 atom stereocenters. The molecule has 1 fully saturated rings. The van der Waals surface area contributed by atoms with E-state index >= 15 is 0 Å². The van der Waals surface area contributed by atoms with Crippen molar-refractivity contribution >= 4 is 11.6 Å². The highest BCUT2D eigenvalue weighted by Gasteiger charge is 2.26. The molecular weight excluding hydrogens is 256 g/mol. The van der Waals surface area contributed by atoms with Crippen LogP contribution in [0.25, 0.3) is 0 Å². The lowest BCUT2D eigenvalue weighted by molar-refractivity contribution is 0.0585. The number of rotatable bonds is 4. The van der Waals surface area contributed by atoms with E-state index in [1.54, 1.807) is 11.0 Å². The summed E-state index contributed by atoms with van der Waals surface area (Å²) in [7, 11) is 0. The van der Waals surface area contributed by atoms with Gasteiger partial charge in [-0.1, -0.05) is 19.3 Å². The average Bonchev–Trinajstić information content (AvgIpc) is 2.48. The first-order chi connectivity index (χ1) is 9.63. The number of aliphatic hydroxyl groups excluding tert-OH is 1. The third-order valence-corrected chi connectivity index (χ3v) is 3.89. The van der Waals surface area contributed by atoms with Crippen LogP contribution < -0.4 is 5.73 Å². The number of aliphatic hydroxyl groups is 1. The van der Waals surface area contributed by atoms with Gasteiger partial charge < -0.3 is 20.8 Å². The van der Waals surface area contributed by atoms with Gasteiger partial charge in [-0.2, -0.15) is 0 Å². The topological polar surface area (TPSA) is 86.8 Å². The number of carbonyl (C=O) groups excluding carboxylic acids is 1. The highest BCUT2D eigenvalue weighted by Crippen LogP contribution is 2.26. The molecule has 0 saturated heterocycles. The summed E-state index contributed by atoms with van der Waals surface area (Å²) >= 11 is 0. The van der Waals surface area contributed by atoms with Gasteiger partial charge in [-0.05, 0) is 31.0 Å². The van der Waals surface area contributed by atoms with Gasteiger partial charge in [0.2, 0.25) is 0 Å². The van der Waals surface area contributed by atoms with Gasteiger partial charge in [0, 0.05) is 18.2 Å². The van der Waals surface area contributed by atoms with E-state index in [0.717, 1.165) is 25.7 Å². The standard InChI is InChI=1S/C15H22N2O3/c16-13-7-6-11(10-14(13)19)15(20)17(8-9-18)12-4-2-1-3-5-12/h6-7,10,12,18-19H,1-5,8-9,16H2. The molecule has 2 rings (SSSR count). The molecule has 1 saturated carbocycles. The number of aromatic hydroxyl groups is 1. The number of amides is 1. The summed E-state index contributed by atoms with van der Waals surface area (Å²) in [6.07, 6.45) is 5.40. The van der Waals surface area contributed by atoms with Gasteiger partial charge in [0.1, 0.15) is 5.75 Å². The fourth-order valence-corrected chi connectivity index (χ4v) is 2.79. The van der Waals surface area contributed by atoms with Crippen LogP contribution in [0.5, 0.6) is 5.75 Å². The van der Waals surface area contributed by atoms with Crippen LogP contribution >= 0.6 is 0 Å². The molecule has 0 aromatic heterocycles. The van der Waals surface area contributed by atoms with Crippen molar-refractivity contribution in [1.29, 1.82) is 0 Å². The predicted molar refractivity (Wildman–Crippen MR) is 77.5 cm³/mol. The van der Waals surface area contributed by atoms with Gasteiger partial charge in [-0.25, -0.2) is 0 Å². The Balaban J connectivity index is 2.18. The molecule has 0 bridgehead atoms. The Hall–Kier alpha value is -1.75. The van der Waals surface area contributed by atoms with Crippen LogP contribution in [0.15, 0.2) is 18.2 Å². The first kappa shape index (κ1) is 14.7. The minimum absolute atomic E-state index is 0.0524. The number of phenols is 1. The number of benzene rings is 1.